The van der Waals surface area contributed by atoms with Gasteiger partial charge >= 0.3 is 6.09 Å². The van der Waals surface area contributed by atoms with Gasteiger partial charge in [0.1, 0.15) is 0 Å². The smallest absolute Gasteiger partial charge is 0.411 e. The second kappa shape index (κ2) is 4.37. The van der Waals surface area contributed by atoms with Crippen LogP contribution < -0.4 is 10.6 Å². The first-order valence-electron chi connectivity index (χ1n) is 4.97. The van der Waals surface area contributed by atoms with E-state index in [2.05, 4.69) is 15.4 Å². The molecule has 2 N–H and O–H groups in total. The number of Topliss-reactive ketones (excluding diaryl/α,β-unsaturated/α-hetero) is 1. The third-order valence-electron chi connectivity index (χ3n) is 2.45. The SMILES string of the molecule is COC(=O)Nc1cc([N+](=O)[O-])cc2c1NC(=O)C2=O. The lowest BCUT2D eigenvalue weighted by Crippen LogP contribution is -2.14. The van der Waals surface area contributed by atoms with Crippen molar-refractivity contribution in [1.29, 1.82) is 0 Å². The number of anilines is 2. The van der Waals surface area contributed by atoms with E-state index in [9.17, 15) is 24.5 Å². The van der Waals surface area contributed by atoms with E-state index in [0.717, 1.165) is 19.2 Å². The zero-order valence-corrected chi connectivity index (χ0v) is 9.55. The molecule has 0 radical (unpaired) electrons. The largest absolute Gasteiger partial charge is 0.453 e. The second-order valence-corrected chi connectivity index (χ2v) is 3.57. The summed E-state index contributed by atoms with van der Waals surface area (Å²) >= 11 is 0. The maximum atomic E-state index is 11.5. The summed E-state index contributed by atoms with van der Waals surface area (Å²) in [7, 11) is 1.11. The van der Waals surface area contributed by atoms with Gasteiger partial charge in [-0.1, -0.05) is 0 Å². The predicted octanol–water partition coefficient (Wildman–Crippen LogP) is 0.908. The summed E-state index contributed by atoms with van der Waals surface area (Å²) in [4.78, 5) is 43.9. The minimum Gasteiger partial charge on any atom is -0.453 e. The first-order chi connectivity index (χ1) is 8.93. The van der Waals surface area contributed by atoms with Crippen LogP contribution in [-0.4, -0.2) is 29.8 Å². The number of hydrogen-bond donors (Lipinski definition) is 2. The number of ether oxygens (including phenoxy) is 1. The average molecular weight is 265 g/mol. The summed E-state index contributed by atoms with van der Waals surface area (Å²) in [5, 5.41) is 15.2. The van der Waals surface area contributed by atoms with Crippen molar-refractivity contribution < 1.29 is 24.0 Å². The van der Waals surface area contributed by atoms with Gasteiger partial charge in [0, 0.05) is 12.1 Å². The average Bonchev–Trinajstić information content (AvgIpc) is 2.66. The summed E-state index contributed by atoms with van der Waals surface area (Å²) in [6.07, 6.45) is -0.878. The number of methoxy groups -OCH3 is 1. The molecule has 0 saturated heterocycles. The first-order valence-corrected chi connectivity index (χ1v) is 4.97. The summed E-state index contributed by atoms with van der Waals surface area (Å²) in [6, 6.07) is 1.99. The topological polar surface area (TPSA) is 128 Å². The molecule has 0 bridgehead atoms. The monoisotopic (exact) mass is 265 g/mol. The zero-order valence-electron chi connectivity index (χ0n) is 9.55. The Morgan fingerprint density at radius 2 is 2.11 bits per heavy atom. The molecule has 2 rings (SSSR count). The van der Waals surface area contributed by atoms with E-state index in [4.69, 9.17) is 0 Å². The molecule has 0 spiro atoms. The first kappa shape index (κ1) is 12.5. The lowest BCUT2D eigenvalue weighted by molar-refractivity contribution is -0.384. The van der Waals surface area contributed by atoms with Crippen LogP contribution in [0.5, 0.6) is 0 Å². The van der Waals surface area contributed by atoms with Crippen LogP contribution in [0.2, 0.25) is 0 Å². The molecule has 1 aliphatic heterocycles. The van der Waals surface area contributed by atoms with Crippen molar-refractivity contribution in [2.45, 2.75) is 0 Å². The van der Waals surface area contributed by atoms with Crippen molar-refractivity contribution in [3.8, 4) is 0 Å². The molecule has 19 heavy (non-hydrogen) atoms. The maximum absolute atomic E-state index is 11.5. The molecule has 0 saturated carbocycles. The molecule has 1 aromatic carbocycles. The van der Waals surface area contributed by atoms with Crippen LogP contribution in [0.4, 0.5) is 21.9 Å². The molecule has 1 aliphatic rings. The molecule has 0 unspecified atom stereocenters. The quantitative estimate of drug-likeness (QED) is 0.464. The number of carbonyl (C=O) groups excluding carboxylic acids is 3. The Hall–Kier alpha value is -2.97. The Kier molecular flexibility index (Phi) is 2.87. The zero-order chi connectivity index (χ0) is 14.2. The Labute approximate surface area is 105 Å². The summed E-state index contributed by atoms with van der Waals surface area (Å²) in [5.74, 6) is -1.81. The normalized spacial score (nSPS) is 12.7. The molecule has 0 fully saturated rings. The van der Waals surface area contributed by atoms with Gasteiger partial charge in [-0.2, -0.15) is 0 Å². The third-order valence-corrected chi connectivity index (χ3v) is 2.45. The predicted molar refractivity (Wildman–Crippen MR) is 62.1 cm³/mol. The number of rotatable bonds is 2. The van der Waals surface area contributed by atoms with E-state index in [0.29, 0.717) is 0 Å². The fourth-order valence-electron chi connectivity index (χ4n) is 1.60. The number of nitrogens with zero attached hydrogens (tertiary/aromatic N) is 1. The number of fused-ring (bicyclic) bond motifs is 1. The molecule has 1 aromatic rings. The van der Waals surface area contributed by atoms with E-state index in [-0.39, 0.29) is 16.9 Å². The van der Waals surface area contributed by atoms with Crippen molar-refractivity contribution in [2.24, 2.45) is 0 Å². The molecule has 2 amide bonds. The highest BCUT2D eigenvalue weighted by Crippen LogP contribution is 2.35. The Morgan fingerprint density at radius 1 is 1.42 bits per heavy atom. The molecule has 9 heteroatoms. The molecule has 98 valence electrons. The lowest BCUT2D eigenvalue weighted by Gasteiger charge is -2.08. The van der Waals surface area contributed by atoms with E-state index in [1.54, 1.807) is 0 Å². The van der Waals surface area contributed by atoms with Gasteiger partial charge in [0.15, 0.2) is 0 Å². The van der Waals surface area contributed by atoms with Crippen LogP contribution in [0.15, 0.2) is 12.1 Å². The highest BCUT2D eigenvalue weighted by Gasteiger charge is 2.33. The molecular weight excluding hydrogens is 258 g/mol. The molecule has 0 atom stereocenters. The number of nitro groups is 1. The summed E-state index contributed by atoms with van der Waals surface area (Å²) in [5.41, 5.74) is -0.637. The van der Waals surface area contributed by atoms with E-state index >= 15 is 0 Å². The minimum atomic E-state index is -0.914. The van der Waals surface area contributed by atoms with Gasteiger partial charge in [0.25, 0.3) is 17.4 Å². The number of ketones is 1. The number of hydrogen-bond acceptors (Lipinski definition) is 6. The molecule has 0 aliphatic carbocycles. The van der Waals surface area contributed by atoms with Gasteiger partial charge in [-0.25, -0.2) is 4.79 Å². The van der Waals surface area contributed by atoms with Crippen LogP contribution in [-0.2, 0) is 9.53 Å². The molecule has 0 aromatic heterocycles. The van der Waals surface area contributed by atoms with Gasteiger partial charge in [0.2, 0.25) is 0 Å². The van der Waals surface area contributed by atoms with Crippen molar-refractivity contribution in [3.05, 3.63) is 27.8 Å². The van der Waals surface area contributed by atoms with Crippen molar-refractivity contribution >= 4 is 34.8 Å². The van der Waals surface area contributed by atoms with E-state index < -0.39 is 28.4 Å². The third kappa shape index (κ3) is 2.08. The Bertz CT molecular complexity index is 624. The fraction of sp³-hybridized carbons (Fsp3) is 0.100. The van der Waals surface area contributed by atoms with Crippen molar-refractivity contribution in [2.75, 3.05) is 17.7 Å². The standard InChI is InChI=1S/C10H7N3O6/c1-19-10(16)11-6-3-4(13(17)18)2-5-7(6)12-9(15)8(5)14/h2-3H,1H3,(H,11,16)(H,12,14,15). The van der Waals surface area contributed by atoms with Crippen LogP contribution in [0.25, 0.3) is 0 Å². The fourth-order valence-corrected chi connectivity index (χ4v) is 1.60. The van der Waals surface area contributed by atoms with Crippen molar-refractivity contribution in [1.82, 2.24) is 0 Å². The van der Waals surface area contributed by atoms with Gasteiger partial charge in [-0.05, 0) is 0 Å². The van der Waals surface area contributed by atoms with Crippen LogP contribution >= 0.6 is 0 Å². The lowest BCUT2D eigenvalue weighted by atomic mass is 10.1. The number of amides is 2. The molecule has 9 nitrogen and oxygen atoms in total. The number of non-ortho nitro benzene ring substituents is 1. The van der Waals surface area contributed by atoms with Gasteiger partial charge in [0.05, 0.1) is 29.0 Å². The van der Waals surface area contributed by atoms with Crippen LogP contribution in [0.3, 0.4) is 0 Å². The highest BCUT2D eigenvalue weighted by molar-refractivity contribution is 6.52. The summed E-state index contributed by atoms with van der Waals surface area (Å²) < 4.78 is 4.35. The summed E-state index contributed by atoms with van der Waals surface area (Å²) in [6.45, 7) is 0. The number of benzene rings is 1. The van der Waals surface area contributed by atoms with Gasteiger partial charge in [-0.15, -0.1) is 0 Å². The van der Waals surface area contributed by atoms with Crippen LogP contribution in [0.1, 0.15) is 10.4 Å². The minimum absolute atomic E-state index is 0.0194. The van der Waals surface area contributed by atoms with E-state index in [1.807, 2.05) is 0 Å². The van der Waals surface area contributed by atoms with Crippen LogP contribution in [0, 0.1) is 10.1 Å². The number of carbonyl (C=O) groups is 3. The Balaban J connectivity index is 2.56. The Morgan fingerprint density at radius 3 is 2.68 bits per heavy atom. The van der Waals surface area contributed by atoms with E-state index in [1.165, 1.54) is 0 Å². The number of nitrogens with one attached hydrogen (secondary N) is 2. The maximum Gasteiger partial charge on any atom is 0.411 e. The van der Waals surface area contributed by atoms with Gasteiger partial charge in [-0.3, -0.25) is 25.0 Å². The number of nitro benzene ring substituents is 1. The highest BCUT2D eigenvalue weighted by atomic mass is 16.6. The second-order valence-electron chi connectivity index (χ2n) is 3.57. The molecule has 1 heterocycles. The van der Waals surface area contributed by atoms with Crippen molar-refractivity contribution in [3.63, 3.8) is 0 Å². The van der Waals surface area contributed by atoms with Gasteiger partial charge < -0.3 is 10.1 Å². The molecular formula is C10H7N3O6.